The van der Waals surface area contributed by atoms with E-state index < -0.39 is 0 Å². The smallest absolute Gasteiger partial charge is 0.159 e. The van der Waals surface area contributed by atoms with E-state index in [4.69, 9.17) is 6.42 Å². The Morgan fingerprint density at radius 2 is 1.41 bits per heavy atom. The number of Topliss-reactive ketones (excluding diaryl/α,β-unsaturated/α-hetero) is 1. The second-order valence-corrected chi connectivity index (χ2v) is 3.86. The highest BCUT2D eigenvalue weighted by atomic mass is 16.1. The summed E-state index contributed by atoms with van der Waals surface area (Å²) in [5, 5.41) is 0. The Kier molecular flexibility index (Phi) is 3.07. The monoisotopic (exact) mass is 220 g/mol. The molecule has 0 spiro atoms. The third-order valence-electron chi connectivity index (χ3n) is 2.68. The average molecular weight is 220 g/mol. The van der Waals surface area contributed by atoms with Crippen molar-refractivity contribution < 1.29 is 4.79 Å². The van der Waals surface area contributed by atoms with E-state index in [-0.39, 0.29) is 5.78 Å². The van der Waals surface area contributed by atoms with E-state index >= 15 is 0 Å². The summed E-state index contributed by atoms with van der Waals surface area (Å²) in [5.41, 5.74) is 3.78. The zero-order chi connectivity index (χ0) is 12.3. The first kappa shape index (κ1) is 11.2. The molecule has 2 aromatic rings. The van der Waals surface area contributed by atoms with Crippen molar-refractivity contribution in [2.24, 2.45) is 0 Å². The lowest BCUT2D eigenvalue weighted by Crippen LogP contribution is -1.90. The van der Waals surface area contributed by atoms with Gasteiger partial charge in [0, 0.05) is 11.1 Å². The molecule has 0 N–H and O–H groups in total. The minimum Gasteiger partial charge on any atom is -0.295 e. The van der Waals surface area contributed by atoms with E-state index in [0.717, 1.165) is 22.3 Å². The molecule has 0 saturated heterocycles. The molecular weight excluding hydrogens is 208 g/mol. The zero-order valence-corrected chi connectivity index (χ0v) is 9.60. The lowest BCUT2D eigenvalue weighted by molar-refractivity contribution is 0.101. The highest BCUT2D eigenvalue weighted by molar-refractivity contribution is 5.94. The molecule has 2 rings (SSSR count). The number of carbonyl (C=O) groups excluding carboxylic acids is 1. The van der Waals surface area contributed by atoms with Crippen LogP contribution in [0.3, 0.4) is 0 Å². The summed E-state index contributed by atoms with van der Waals surface area (Å²) >= 11 is 0. The number of benzene rings is 2. The van der Waals surface area contributed by atoms with E-state index in [1.165, 1.54) is 0 Å². The molecule has 2 aromatic carbocycles. The Bertz CT molecular complexity index is 568. The number of terminal acetylenes is 1. The predicted octanol–water partition coefficient (Wildman–Crippen LogP) is 3.54. The van der Waals surface area contributed by atoms with E-state index in [1.54, 1.807) is 6.92 Å². The zero-order valence-electron chi connectivity index (χ0n) is 9.60. The van der Waals surface area contributed by atoms with Crippen molar-refractivity contribution in [2.45, 2.75) is 6.92 Å². The van der Waals surface area contributed by atoms with Crippen LogP contribution < -0.4 is 0 Å². The fourth-order valence-electron chi connectivity index (χ4n) is 1.66. The van der Waals surface area contributed by atoms with Gasteiger partial charge in [-0.3, -0.25) is 4.79 Å². The van der Waals surface area contributed by atoms with Gasteiger partial charge >= 0.3 is 0 Å². The molecule has 0 saturated carbocycles. The van der Waals surface area contributed by atoms with Crippen LogP contribution in [-0.4, -0.2) is 5.78 Å². The highest BCUT2D eigenvalue weighted by Gasteiger charge is 2.00. The lowest BCUT2D eigenvalue weighted by atomic mass is 10.0. The summed E-state index contributed by atoms with van der Waals surface area (Å²) in [7, 11) is 0. The number of ketones is 1. The largest absolute Gasteiger partial charge is 0.295 e. The second kappa shape index (κ2) is 4.67. The third-order valence-corrected chi connectivity index (χ3v) is 2.68. The van der Waals surface area contributed by atoms with E-state index in [1.807, 2.05) is 48.5 Å². The van der Waals surface area contributed by atoms with Crippen molar-refractivity contribution in [1.29, 1.82) is 0 Å². The summed E-state index contributed by atoms with van der Waals surface area (Å²) in [5.74, 6) is 2.67. The van der Waals surface area contributed by atoms with Crippen LogP contribution in [0.5, 0.6) is 0 Å². The number of hydrogen-bond donors (Lipinski definition) is 0. The average Bonchev–Trinajstić information content (AvgIpc) is 2.39. The molecule has 0 heterocycles. The summed E-state index contributed by atoms with van der Waals surface area (Å²) in [4.78, 5) is 11.2. The number of hydrogen-bond acceptors (Lipinski definition) is 1. The fraction of sp³-hybridized carbons (Fsp3) is 0.0625. The van der Waals surface area contributed by atoms with Crippen molar-refractivity contribution >= 4 is 5.78 Å². The molecule has 0 aliphatic carbocycles. The molecule has 17 heavy (non-hydrogen) atoms. The first-order valence-electron chi connectivity index (χ1n) is 5.39. The molecule has 1 heteroatoms. The SMILES string of the molecule is C#Cc1ccc(-c2ccc(C(C)=O)cc2)cc1. The van der Waals surface area contributed by atoms with Gasteiger partial charge in [0.2, 0.25) is 0 Å². The molecule has 0 aliphatic heterocycles. The normalized spacial score (nSPS) is 9.65. The molecule has 0 unspecified atom stereocenters. The molecular formula is C16H12O. The minimum absolute atomic E-state index is 0.0826. The summed E-state index contributed by atoms with van der Waals surface area (Å²) in [6.45, 7) is 1.57. The van der Waals surface area contributed by atoms with E-state index in [9.17, 15) is 4.79 Å². The maximum absolute atomic E-state index is 11.2. The first-order chi connectivity index (χ1) is 8.20. The van der Waals surface area contributed by atoms with Gasteiger partial charge in [-0.15, -0.1) is 6.42 Å². The maximum atomic E-state index is 11.2. The van der Waals surface area contributed by atoms with Crippen molar-refractivity contribution in [1.82, 2.24) is 0 Å². The Labute approximate surface area is 101 Å². The molecule has 0 amide bonds. The first-order valence-corrected chi connectivity index (χ1v) is 5.39. The van der Waals surface area contributed by atoms with Gasteiger partial charge < -0.3 is 0 Å². The third kappa shape index (κ3) is 2.43. The Hall–Kier alpha value is -2.33. The van der Waals surface area contributed by atoms with Crippen LogP contribution in [0.1, 0.15) is 22.8 Å². The van der Waals surface area contributed by atoms with Gasteiger partial charge in [0.15, 0.2) is 5.78 Å². The lowest BCUT2D eigenvalue weighted by Gasteiger charge is -2.03. The fourth-order valence-corrected chi connectivity index (χ4v) is 1.66. The van der Waals surface area contributed by atoms with E-state index in [0.29, 0.717) is 0 Å². The van der Waals surface area contributed by atoms with Crippen LogP contribution in [0, 0.1) is 12.3 Å². The summed E-state index contributed by atoms with van der Waals surface area (Å²) in [6.07, 6.45) is 5.30. The van der Waals surface area contributed by atoms with Crippen molar-refractivity contribution in [3.63, 3.8) is 0 Å². The van der Waals surface area contributed by atoms with Gasteiger partial charge in [-0.25, -0.2) is 0 Å². The van der Waals surface area contributed by atoms with Crippen molar-refractivity contribution in [2.75, 3.05) is 0 Å². The molecule has 0 bridgehead atoms. The quantitative estimate of drug-likeness (QED) is 0.559. The molecule has 82 valence electrons. The van der Waals surface area contributed by atoms with Crippen LogP contribution in [0.2, 0.25) is 0 Å². The minimum atomic E-state index is 0.0826. The summed E-state index contributed by atoms with van der Waals surface area (Å²) in [6, 6.07) is 15.4. The highest BCUT2D eigenvalue weighted by Crippen LogP contribution is 2.20. The maximum Gasteiger partial charge on any atom is 0.159 e. The van der Waals surface area contributed by atoms with Crippen molar-refractivity contribution in [3.05, 3.63) is 59.7 Å². The molecule has 0 aliphatic rings. The molecule has 0 aromatic heterocycles. The van der Waals surface area contributed by atoms with Gasteiger partial charge in [0.05, 0.1) is 0 Å². The molecule has 0 atom stereocenters. The van der Waals surface area contributed by atoms with E-state index in [2.05, 4.69) is 5.92 Å². The standard InChI is InChI=1S/C16H12O/c1-3-13-4-6-15(7-5-13)16-10-8-14(9-11-16)12(2)17/h1,4-11H,2H3. The van der Waals surface area contributed by atoms with Crippen LogP contribution in [0.15, 0.2) is 48.5 Å². The van der Waals surface area contributed by atoms with Crippen molar-refractivity contribution in [3.8, 4) is 23.5 Å². The molecule has 0 fully saturated rings. The Balaban J connectivity index is 2.33. The van der Waals surface area contributed by atoms with Crippen LogP contribution in [0.4, 0.5) is 0 Å². The van der Waals surface area contributed by atoms with Gasteiger partial charge in [-0.1, -0.05) is 42.3 Å². The topological polar surface area (TPSA) is 17.1 Å². The second-order valence-electron chi connectivity index (χ2n) is 3.86. The Morgan fingerprint density at radius 3 is 1.82 bits per heavy atom. The van der Waals surface area contributed by atoms with Crippen LogP contribution in [0.25, 0.3) is 11.1 Å². The van der Waals surface area contributed by atoms with Gasteiger partial charge in [0.25, 0.3) is 0 Å². The van der Waals surface area contributed by atoms with Gasteiger partial charge in [-0.2, -0.15) is 0 Å². The summed E-state index contributed by atoms with van der Waals surface area (Å²) < 4.78 is 0. The van der Waals surface area contributed by atoms with Gasteiger partial charge in [0.1, 0.15) is 0 Å². The Morgan fingerprint density at radius 1 is 0.941 bits per heavy atom. The molecule has 0 radical (unpaired) electrons. The van der Waals surface area contributed by atoms with Crippen LogP contribution in [-0.2, 0) is 0 Å². The number of carbonyl (C=O) groups is 1. The van der Waals surface area contributed by atoms with Crippen LogP contribution >= 0.6 is 0 Å². The number of rotatable bonds is 2. The predicted molar refractivity (Wildman–Crippen MR) is 69.8 cm³/mol. The van der Waals surface area contributed by atoms with Gasteiger partial charge in [-0.05, 0) is 30.2 Å². The molecule has 1 nitrogen and oxygen atoms in total.